The first-order chi connectivity index (χ1) is 5.13. The van der Waals surface area contributed by atoms with Gasteiger partial charge in [-0.05, 0) is 12.1 Å². The first-order valence-electron chi connectivity index (χ1n) is 2.95. The van der Waals surface area contributed by atoms with Crippen molar-refractivity contribution in [3.05, 3.63) is 40.4 Å². The first kappa shape index (κ1) is 9.42. The summed E-state index contributed by atoms with van der Waals surface area (Å²) in [6, 6.07) is 8.71. The zero-order chi connectivity index (χ0) is 8.69. The van der Waals surface area contributed by atoms with Crippen molar-refractivity contribution < 1.29 is 10.0 Å². The van der Waals surface area contributed by atoms with Gasteiger partial charge < -0.3 is 5.11 Å². The molecule has 0 unspecified atom stereocenters. The van der Waals surface area contributed by atoms with Crippen LogP contribution in [-0.4, -0.2) is 17.1 Å². The molecule has 1 aromatic carbocycles. The molecule has 0 saturated heterocycles. The third kappa shape index (κ3) is 8.42. The Morgan fingerprint density at radius 3 is 1.91 bits per heavy atom. The minimum Gasteiger partial charge on any atom is -0.508 e. The molecule has 0 saturated carbocycles. The van der Waals surface area contributed by atoms with E-state index < -0.39 is 4.92 Å². The predicted molar refractivity (Wildman–Crippen MR) is 41.0 cm³/mol. The Bertz CT molecular complexity index is 206. The van der Waals surface area contributed by atoms with E-state index in [2.05, 4.69) is 0 Å². The van der Waals surface area contributed by atoms with Crippen molar-refractivity contribution in [2.24, 2.45) is 0 Å². The van der Waals surface area contributed by atoms with Gasteiger partial charge >= 0.3 is 0 Å². The predicted octanol–water partition coefficient (Wildman–Crippen LogP) is 1.29. The summed E-state index contributed by atoms with van der Waals surface area (Å²) in [5.74, 6) is 0.322. The highest BCUT2D eigenvalue weighted by molar-refractivity contribution is 5.18. The lowest BCUT2D eigenvalue weighted by Gasteiger charge is -1.82. The molecule has 4 nitrogen and oxygen atoms in total. The highest BCUT2D eigenvalue weighted by atomic mass is 16.6. The van der Waals surface area contributed by atoms with Crippen molar-refractivity contribution in [2.75, 3.05) is 7.05 Å². The normalized spacial score (nSPS) is 7.73. The summed E-state index contributed by atoms with van der Waals surface area (Å²) in [6.07, 6.45) is 0. The molecule has 0 aliphatic rings. The fourth-order valence-electron chi connectivity index (χ4n) is 0.428. The minimum atomic E-state index is -0.500. The number of para-hydroxylation sites is 1. The Morgan fingerprint density at radius 2 is 1.73 bits per heavy atom. The molecule has 60 valence electrons. The number of nitro groups is 1. The lowest BCUT2D eigenvalue weighted by atomic mass is 10.3. The number of nitrogens with zero attached hydrogens (tertiary/aromatic N) is 1. The Labute approximate surface area is 64.2 Å². The Balaban J connectivity index is 0.000000218. The molecular formula is C7H9NO3. The molecule has 0 atom stereocenters. The largest absolute Gasteiger partial charge is 0.508 e. The first-order valence-corrected chi connectivity index (χ1v) is 2.95. The maximum Gasteiger partial charge on any atom is 0.194 e. The monoisotopic (exact) mass is 155 g/mol. The van der Waals surface area contributed by atoms with E-state index in [1.54, 1.807) is 24.3 Å². The zero-order valence-electron chi connectivity index (χ0n) is 6.10. The SMILES string of the molecule is C[N+](=O)[O-].Oc1ccccc1. The molecule has 0 fully saturated rings. The van der Waals surface area contributed by atoms with Crippen LogP contribution < -0.4 is 0 Å². The molecule has 0 radical (unpaired) electrons. The quantitative estimate of drug-likeness (QED) is 0.453. The van der Waals surface area contributed by atoms with Crippen LogP contribution in [0.4, 0.5) is 0 Å². The number of hydrogen-bond donors (Lipinski definition) is 1. The van der Waals surface area contributed by atoms with Crippen LogP contribution in [0, 0.1) is 10.1 Å². The van der Waals surface area contributed by atoms with Crippen LogP contribution in [0.2, 0.25) is 0 Å². The van der Waals surface area contributed by atoms with E-state index in [0.717, 1.165) is 7.05 Å². The fraction of sp³-hybridized carbons (Fsp3) is 0.143. The molecule has 0 aromatic heterocycles. The van der Waals surface area contributed by atoms with Gasteiger partial charge in [-0.3, -0.25) is 10.1 Å². The standard InChI is InChI=1S/C6H6O.CH3NO2/c7-6-4-2-1-3-5-6;1-2(3)4/h1-5,7H;1H3. The van der Waals surface area contributed by atoms with Crippen LogP contribution in [-0.2, 0) is 0 Å². The lowest BCUT2D eigenvalue weighted by molar-refractivity contribution is -0.445. The summed E-state index contributed by atoms with van der Waals surface area (Å²) in [7, 11) is 0.889. The number of aromatic hydroxyl groups is 1. The van der Waals surface area contributed by atoms with Crippen molar-refractivity contribution in [3.63, 3.8) is 0 Å². The van der Waals surface area contributed by atoms with Gasteiger partial charge in [0.25, 0.3) is 0 Å². The maximum absolute atomic E-state index is 8.81. The summed E-state index contributed by atoms with van der Waals surface area (Å²) >= 11 is 0. The van der Waals surface area contributed by atoms with Gasteiger partial charge in [0.05, 0.1) is 0 Å². The summed E-state index contributed by atoms with van der Waals surface area (Å²) < 4.78 is 0. The molecular weight excluding hydrogens is 146 g/mol. The van der Waals surface area contributed by atoms with Gasteiger partial charge in [-0.15, -0.1) is 0 Å². The van der Waals surface area contributed by atoms with Gasteiger partial charge in [0.1, 0.15) is 5.75 Å². The number of phenolic OH excluding ortho intramolecular Hbond substituents is 1. The van der Waals surface area contributed by atoms with Gasteiger partial charge in [-0.1, -0.05) is 18.2 Å². The highest BCUT2D eigenvalue weighted by Crippen LogP contribution is 2.02. The topological polar surface area (TPSA) is 63.4 Å². The van der Waals surface area contributed by atoms with Gasteiger partial charge in [0.15, 0.2) is 7.05 Å². The number of benzene rings is 1. The van der Waals surface area contributed by atoms with E-state index in [1.165, 1.54) is 0 Å². The second-order valence-corrected chi connectivity index (χ2v) is 1.78. The average molecular weight is 155 g/mol. The van der Waals surface area contributed by atoms with Crippen molar-refractivity contribution in [1.29, 1.82) is 0 Å². The van der Waals surface area contributed by atoms with Crippen LogP contribution in [0.15, 0.2) is 30.3 Å². The third-order valence-electron chi connectivity index (χ3n) is 0.756. The molecule has 1 aromatic rings. The summed E-state index contributed by atoms with van der Waals surface area (Å²) in [5.41, 5.74) is 0. The Morgan fingerprint density at radius 1 is 1.36 bits per heavy atom. The van der Waals surface area contributed by atoms with E-state index in [-0.39, 0.29) is 0 Å². The van der Waals surface area contributed by atoms with Crippen LogP contribution in [0.1, 0.15) is 0 Å². The van der Waals surface area contributed by atoms with Gasteiger partial charge in [0.2, 0.25) is 0 Å². The van der Waals surface area contributed by atoms with Gasteiger partial charge in [-0.2, -0.15) is 0 Å². The Kier molecular flexibility index (Phi) is 4.47. The van der Waals surface area contributed by atoms with E-state index in [1.807, 2.05) is 6.07 Å². The van der Waals surface area contributed by atoms with Crippen molar-refractivity contribution >= 4 is 0 Å². The minimum absolute atomic E-state index is 0.322. The lowest BCUT2D eigenvalue weighted by Crippen LogP contribution is -1.79. The van der Waals surface area contributed by atoms with Crippen molar-refractivity contribution in [1.82, 2.24) is 0 Å². The molecule has 1 rings (SSSR count). The number of rotatable bonds is 0. The molecule has 4 heteroatoms. The van der Waals surface area contributed by atoms with Gasteiger partial charge in [-0.25, -0.2) is 0 Å². The van der Waals surface area contributed by atoms with Crippen LogP contribution in [0.25, 0.3) is 0 Å². The van der Waals surface area contributed by atoms with Gasteiger partial charge in [0, 0.05) is 4.92 Å². The average Bonchev–Trinajstić information content (AvgIpc) is 1.87. The van der Waals surface area contributed by atoms with Crippen molar-refractivity contribution in [3.8, 4) is 5.75 Å². The molecule has 11 heavy (non-hydrogen) atoms. The fourth-order valence-corrected chi connectivity index (χ4v) is 0.428. The van der Waals surface area contributed by atoms with Crippen molar-refractivity contribution in [2.45, 2.75) is 0 Å². The molecule has 0 aliphatic heterocycles. The number of hydrogen-bond acceptors (Lipinski definition) is 3. The van der Waals surface area contributed by atoms with E-state index in [4.69, 9.17) is 15.2 Å². The second-order valence-electron chi connectivity index (χ2n) is 1.78. The summed E-state index contributed by atoms with van der Waals surface area (Å²) in [4.78, 5) is 8.31. The molecule has 0 bridgehead atoms. The van der Waals surface area contributed by atoms with Crippen LogP contribution in [0.3, 0.4) is 0 Å². The van der Waals surface area contributed by atoms with E-state index in [0.29, 0.717) is 5.75 Å². The number of phenols is 1. The molecule has 0 spiro atoms. The highest BCUT2D eigenvalue weighted by Gasteiger charge is 1.74. The third-order valence-corrected chi connectivity index (χ3v) is 0.756. The van der Waals surface area contributed by atoms with E-state index >= 15 is 0 Å². The molecule has 0 aliphatic carbocycles. The summed E-state index contributed by atoms with van der Waals surface area (Å²) in [6.45, 7) is 0. The van der Waals surface area contributed by atoms with Crippen LogP contribution >= 0.6 is 0 Å². The Hall–Kier alpha value is -1.58. The molecule has 1 N–H and O–H groups in total. The molecule has 0 amide bonds. The summed E-state index contributed by atoms with van der Waals surface area (Å²) in [5, 5.41) is 17.4. The zero-order valence-corrected chi connectivity index (χ0v) is 6.10. The molecule has 0 heterocycles. The van der Waals surface area contributed by atoms with Crippen LogP contribution in [0.5, 0.6) is 5.75 Å². The second kappa shape index (κ2) is 5.22. The smallest absolute Gasteiger partial charge is 0.194 e. The van der Waals surface area contributed by atoms with E-state index in [9.17, 15) is 0 Å². The maximum atomic E-state index is 8.81.